The number of rotatable bonds is 1. The minimum absolute atomic E-state index is 0.680. The largest absolute Gasteiger partial charge is 0.196 e. The maximum atomic E-state index is 2.62. The molecule has 4 atom stereocenters. The summed E-state index contributed by atoms with van der Waals surface area (Å²) in [7, 11) is 0. The van der Waals surface area contributed by atoms with Crippen molar-refractivity contribution in [1.29, 1.82) is 0 Å². The number of hydrogen-bond donors (Lipinski definition) is 0. The lowest BCUT2D eigenvalue weighted by Gasteiger charge is -2.69. The summed E-state index contributed by atoms with van der Waals surface area (Å²) in [6, 6.07) is 0. The van der Waals surface area contributed by atoms with Gasteiger partial charge in [-0.1, -0.05) is 71.6 Å². The molecule has 2 heterocycles. The van der Waals surface area contributed by atoms with Crippen molar-refractivity contribution < 1.29 is 0 Å². The molecule has 0 aromatic carbocycles. The monoisotopic (exact) mass is 258 g/mol. The van der Waals surface area contributed by atoms with E-state index in [1.807, 2.05) is 0 Å². The maximum Gasteiger partial charge on any atom is -0.0297 e. The van der Waals surface area contributed by atoms with Gasteiger partial charge in [-0.2, -0.15) is 17.5 Å². The maximum absolute atomic E-state index is 2.62. The first-order valence-electron chi connectivity index (χ1n) is 9.09. The van der Waals surface area contributed by atoms with Crippen LogP contribution in [-0.4, -0.2) is 6.71 Å². The van der Waals surface area contributed by atoms with E-state index in [2.05, 4.69) is 20.8 Å². The first-order chi connectivity index (χ1) is 9.09. The van der Waals surface area contributed by atoms with Gasteiger partial charge in [0.2, 0.25) is 0 Å². The van der Waals surface area contributed by atoms with E-state index < -0.39 is 0 Å². The predicted octanol–water partition coefficient (Wildman–Crippen LogP) is 5.66. The molecule has 5 aliphatic rings. The average molecular weight is 258 g/mol. The summed E-state index contributed by atoms with van der Waals surface area (Å²) < 4.78 is 0. The third-order valence-electron chi connectivity index (χ3n) is 8.30. The van der Waals surface area contributed by atoms with Crippen LogP contribution in [0.15, 0.2) is 0 Å². The summed E-state index contributed by atoms with van der Waals surface area (Å²) in [6.07, 6.45) is 12.5. The minimum Gasteiger partial charge on any atom is -0.196 e. The van der Waals surface area contributed by atoms with Crippen LogP contribution in [0.5, 0.6) is 0 Å². The van der Waals surface area contributed by atoms with Gasteiger partial charge in [0.25, 0.3) is 0 Å². The number of hydrogen-bond acceptors (Lipinski definition) is 0. The Morgan fingerprint density at radius 2 is 1.47 bits per heavy atom. The Hall–Kier alpha value is 0.0649. The first kappa shape index (κ1) is 12.8. The van der Waals surface area contributed by atoms with Crippen molar-refractivity contribution in [3.05, 3.63) is 0 Å². The second-order valence-electron chi connectivity index (χ2n) is 9.08. The van der Waals surface area contributed by atoms with E-state index in [0.717, 1.165) is 41.9 Å². The molecule has 0 aromatic heterocycles. The molecule has 4 bridgehead atoms. The van der Waals surface area contributed by atoms with Crippen molar-refractivity contribution >= 4 is 6.71 Å². The predicted molar refractivity (Wildman–Crippen MR) is 83.9 cm³/mol. The van der Waals surface area contributed by atoms with E-state index >= 15 is 0 Å². The summed E-state index contributed by atoms with van der Waals surface area (Å²) in [5.41, 5.74) is 0.680. The van der Waals surface area contributed by atoms with Gasteiger partial charge in [0.15, 0.2) is 0 Å². The molecule has 5 rings (SSSR count). The van der Waals surface area contributed by atoms with Gasteiger partial charge in [0.05, 0.1) is 0 Å². The normalized spacial score (nSPS) is 52.6. The molecule has 2 saturated heterocycles. The van der Waals surface area contributed by atoms with Gasteiger partial charge in [0.1, 0.15) is 0 Å². The summed E-state index contributed by atoms with van der Waals surface area (Å²) in [4.78, 5) is 0. The molecule has 3 aliphatic carbocycles. The molecule has 0 N–H and O–H groups in total. The van der Waals surface area contributed by atoms with Crippen LogP contribution in [0.1, 0.15) is 72.1 Å². The highest BCUT2D eigenvalue weighted by Crippen LogP contribution is 2.67. The molecular formula is C18H31B-. The molecule has 1 radical (unpaired) electrons. The van der Waals surface area contributed by atoms with E-state index in [4.69, 9.17) is 0 Å². The zero-order valence-corrected chi connectivity index (χ0v) is 13.2. The SMILES string of the molecule is C[C@@H]1[C@@H]([B-]2C3CCCC2CCC3)C[C@H]2C[C@@H]1C2(C)C. The summed E-state index contributed by atoms with van der Waals surface area (Å²) in [5.74, 6) is 6.50. The fourth-order valence-corrected chi connectivity index (χ4v) is 7.12. The molecule has 0 nitrogen and oxygen atoms in total. The topological polar surface area (TPSA) is 0 Å². The van der Waals surface area contributed by atoms with Gasteiger partial charge >= 0.3 is 0 Å². The van der Waals surface area contributed by atoms with Crippen LogP contribution in [0, 0.1) is 23.2 Å². The molecule has 0 unspecified atom stereocenters. The molecule has 3 saturated carbocycles. The molecule has 0 aromatic rings. The first-order valence-corrected chi connectivity index (χ1v) is 9.09. The Bertz CT molecular complexity index is 339. The van der Waals surface area contributed by atoms with Crippen molar-refractivity contribution in [2.75, 3.05) is 0 Å². The van der Waals surface area contributed by atoms with Gasteiger partial charge in [-0.25, -0.2) is 0 Å². The van der Waals surface area contributed by atoms with Crippen LogP contribution in [0.2, 0.25) is 17.5 Å². The fraction of sp³-hybridized carbons (Fsp3) is 1.00. The third kappa shape index (κ3) is 1.72. The average Bonchev–Trinajstić information content (AvgIpc) is 2.37. The van der Waals surface area contributed by atoms with Crippen LogP contribution in [-0.2, 0) is 0 Å². The highest BCUT2D eigenvalue weighted by Gasteiger charge is 2.55. The Labute approximate surface area is 120 Å². The standard InChI is InChI=1S/C18H31B/c1-12-16-10-13(18(16,2)3)11-17(12)19-14-6-4-7-15(19)9-5-8-14/h12-17H,4-11H2,1-3H3/q-1/t12-,13+,14?,15?,16-,17-/m0/s1. The Morgan fingerprint density at radius 3 is 1.95 bits per heavy atom. The molecule has 1 heteroatoms. The summed E-state index contributed by atoms with van der Waals surface area (Å²) >= 11 is 0. The fourth-order valence-electron chi connectivity index (χ4n) is 7.12. The second-order valence-corrected chi connectivity index (χ2v) is 9.08. The van der Waals surface area contributed by atoms with E-state index in [-0.39, 0.29) is 0 Å². The van der Waals surface area contributed by atoms with Crippen molar-refractivity contribution in [3.63, 3.8) is 0 Å². The van der Waals surface area contributed by atoms with Crippen molar-refractivity contribution in [2.24, 2.45) is 23.2 Å². The molecule has 19 heavy (non-hydrogen) atoms. The summed E-state index contributed by atoms with van der Waals surface area (Å²) in [6.45, 7) is 8.87. The molecule has 5 fully saturated rings. The molecular weight excluding hydrogens is 227 g/mol. The Morgan fingerprint density at radius 1 is 0.895 bits per heavy atom. The van der Waals surface area contributed by atoms with Gasteiger partial charge in [-0.05, 0) is 23.7 Å². The van der Waals surface area contributed by atoms with E-state index in [1.54, 1.807) is 51.4 Å². The Kier molecular flexibility index (Phi) is 2.88. The lowest BCUT2D eigenvalue weighted by molar-refractivity contribution is -0.0998. The lowest BCUT2D eigenvalue weighted by Crippen LogP contribution is -2.57. The highest BCUT2D eigenvalue weighted by molar-refractivity contribution is 6.64. The van der Waals surface area contributed by atoms with Crippen LogP contribution < -0.4 is 0 Å². The molecule has 0 spiro atoms. The van der Waals surface area contributed by atoms with E-state index in [0.29, 0.717) is 5.41 Å². The van der Waals surface area contributed by atoms with Crippen LogP contribution in [0.3, 0.4) is 0 Å². The van der Waals surface area contributed by atoms with Crippen LogP contribution in [0.25, 0.3) is 0 Å². The highest BCUT2D eigenvalue weighted by atomic mass is 14.6. The number of fused-ring (bicyclic) bond motifs is 5. The molecule has 0 amide bonds. The zero-order chi connectivity index (χ0) is 13.2. The van der Waals surface area contributed by atoms with E-state index in [1.165, 1.54) is 0 Å². The van der Waals surface area contributed by atoms with E-state index in [9.17, 15) is 0 Å². The van der Waals surface area contributed by atoms with Gasteiger partial charge in [-0.15, -0.1) is 6.71 Å². The smallest absolute Gasteiger partial charge is 0.0297 e. The lowest BCUT2D eigenvalue weighted by atomic mass is 9.18. The molecule has 2 aliphatic heterocycles. The Balaban J connectivity index is 1.57. The minimum atomic E-state index is 0.680. The van der Waals surface area contributed by atoms with Gasteiger partial charge in [0, 0.05) is 0 Å². The summed E-state index contributed by atoms with van der Waals surface area (Å²) in [5, 5.41) is 0. The van der Waals surface area contributed by atoms with Gasteiger partial charge in [-0.3, -0.25) is 0 Å². The van der Waals surface area contributed by atoms with Crippen molar-refractivity contribution in [1.82, 2.24) is 0 Å². The third-order valence-corrected chi connectivity index (χ3v) is 8.30. The van der Waals surface area contributed by atoms with Crippen molar-refractivity contribution in [2.45, 2.75) is 89.6 Å². The van der Waals surface area contributed by atoms with Crippen LogP contribution in [0.4, 0.5) is 0 Å². The molecule has 107 valence electrons. The van der Waals surface area contributed by atoms with Crippen molar-refractivity contribution in [3.8, 4) is 0 Å². The second kappa shape index (κ2) is 4.28. The zero-order valence-electron chi connectivity index (χ0n) is 13.2. The van der Waals surface area contributed by atoms with Crippen LogP contribution >= 0.6 is 0 Å². The quantitative estimate of drug-likeness (QED) is 0.532. The van der Waals surface area contributed by atoms with Gasteiger partial charge < -0.3 is 0 Å².